The van der Waals surface area contributed by atoms with E-state index in [4.69, 9.17) is 4.74 Å². The molecule has 1 aromatic heterocycles. The summed E-state index contributed by atoms with van der Waals surface area (Å²) in [6.45, 7) is 2.48. The molecule has 0 N–H and O–H groups in total. The van der Waals surface area contributed by atoms with Gasteiger partial charge < -0.3 is 14.5 Å². The van der Waals surface area contributed by atoms with E-state index in [1.165, 1.54) is 7.11 Å². The number of carbonyl (C=O) groups is 2. The van der Waals surface area contributed by atoms with E-state index >= 15 is 0 Å². The second-order valence-corrected chi connectivity index (χ2v) is 6.99. The van der Waals surface area contributed by atoms with Gasteiger partial charge in [-0.25, -0.2) is 4.79 Å². The lowest BCUT2D eigenvalue weighted by molar-refractivity contribution is 0.0600. The molecule has 0 saturated carbocycles. The number of carbonyl (C=O) groups excluding carboxylic acids is 2. The molecule has 1 saturated heterocycles. The maximum atomic E-state index is 12.8. The first-order valence-electron chi connectivity index (χ1n) is 9.77. The second-order valence-electron chi connectivity index (χ2n) is 6.99. The van der Waals surface area contributed by atoms with Crippen LogP contribution < -0.4 is 4.90 Å². The topological polar surface area (TPSA) is 75.6 Å². The van der Waals surface area contributed by atoms with Crippen molar-refractivity contribution in [2.24, 2.45) is 0 Å². The Morgan fingerprint density at radius 3 is 2.23 bits per heavy atom. The molecule has 4 rings (SSSR count). The molecule has 0 spiro atoms. The van der Waals surface area contributed by atoms with Crippen molar-refractivity contribution in [2.45, 2.75) is 0 Å². The first-order valence-corrected chi connectivity index (χ1v) is 9.77. The lowest BCUT2D eigenvalue weighted by atomic mass is 10.1. The molecule has 2 aromatic carbocycles. The molecule has 1 fully saturated rings. The number of methoxy groups -OCH3 is 1. The van der Waals surface area contributed by atoms with Crippen LogP contribution in [0.25, 0.3) is 11.3 Å². The first kappa shape index (κ1) is 19.6. The Bertz CT molecular complexity index is 1030. The van der Waals surface area contributed by atoms with Crippen molar-refractivity contribution in [3.63, 3.8) is 0 Å². The Labute approximate surface area is 174 Å². The molecular formula is C23H22N4O3. The Morgan fingerprint density at radius 2 is 1.57 bits per heavy atom. The smallest absolute Gasteiger partial charge is 0.337 e. The fourth-order valence-electron chi connectivity index (χ4n) is 3.48. The summed E-state index contributed by atoms with van der Waals surface area (Å²) in [5, 5.41) is 8.71. The highest BCUT2D eigenvalue weighted by Gasteiger charge is 2.23. The number of benzene rings is 2. The average molecular weight is 402 g/mol. The number of anilines is 1. The molecule has 0 atom stereocenters. The van der Waals surface area contributed by atoms with Crippen LogP contribution in [-0.2, 0) is 4.74 Å². The largest absolute Gasteiger partial charge is 0.465 e. The van der Waals surface area contributed by atoms with E-state index in [2.05, 4.69) is 15.1 Å². The van der Waals surface area contributed by atoms with E-state index in [0.717, 1.165) is 17.1 Å². The molecular weight excluding hydrogens is 380 g/mol. The van der Waals surface area contributed by atoms with E-state index < -0.39 is 5.97 Å². The van der Waals surface area contributed by atoms with Gasteiger partial charge in [0.15, 0.2) is 5.82 Å². The number of nitrogens with zero attached hydrogens (tertiary/aromatic N) is 4. The number of esters is 1. The van der Waals surface area contributed by atoms with Gasteiger partial charge >= 0.3 is 5.97 Å². The molecule has 30 heavy (non-hydrogen) atoms. The number of rotatable bonds is 4. The molecule has 152 valence electrons. The van der Waals surface area contributed by atoms with Crippen LogP contribution in [-0.4, -0.2) is 60.3 Å². The van der Waals surface area contributed by atoms with Crippen molar-refractivity contribution in [1.82, 2.24) is 15.1 Å². The van der Waals surface area contributed by atoms with Crippen molar-refractivity contribution >= 4 is 17.7 Å². The highest BCUT2D eigenvalue weighted by Crippen LogP contribution is 2.19. The van der Waals surface area contributed by atoms with Gasteiger partial charge in [0, 0.05) is 37.3 Å². The third kappa shape index (κ3) is 4.15. The zero-order valence-corrected chi connectivity index (χ0v) is 16.7. The lowest BCUT2D eigenvalue weighted by Crippen LogP contribution is -2.49. The summed E-state index contributed by atoms with van der Waals surface area (Å²) in [7, 11) is 1.32. The molecule has 0 unspecified atom stereocenters. The van der Waals surface area contributed by atoms with Crippen molar-refractivity contribution in [3.8, 4) is 11.3 Å². The molecule has 0 aliphatic carbocycles. The Hall–Kier alpha value is -3.74. The summed E-state index contributed by atoms with van der Waals surface area (Å²) >= 11 is 0. The van der Waals surface area contributed by atoms with Gasteiger partial charge in [0.25, 0.3) is 5.91 Å². The number of amides is 1. The van der Waals surface area contributed by atoms with Gasteiger partial charge in [0.1, 0.15) is 0 Å². The summed E-state index contributed by atoms with van der Waals surface area (Å²) < 4.78 is 4.73. The fraction of sp³-hybridized carbons (Fsp3) is 0.217. The molecule has 1 aliphatic rings. The van der Waals surface area contributed by atoms with Crippen LogP contribution in [0.1, 0.15) is 20.7 Å². The molecule has 0 bridgehead atoms. The van der Waals surface area contributed by atoms with Crippen LogP contribution in [0.5, 0.6) is 0 Å². The first-order chi connectivity index (χ1) is 14.7. The highest BCUT2D eigenvalue weighted by molar-refractivity contribution is 5.98. The van der Waals surface area contributed by atoms with Crippen LogP contribution in [0.3, 0.4) is 0 Å². The third-order valence-corrected chi connectivity index (χ3v) is 5.14. The zero-order valence-electron chi connectivity index (χ0n) is 16.7. The maximum Gasteiger partial charge on any atom is 0.337 e. The zero-order chi connectivity index (χ0) is 20.9. The monoisotopic (exact) mass is 402 g/mol. The molecule has 0 radical (unpaired) electrons. The Kier molecular flexibility index (Phi) is 5.70. The van der Waals surface area contributed by atoms with Crippen LogP contribution in [0.4, 0.5) is 5.82 Å². The number of piperazine rings is 1. The predicted molar refractivity (Wildman–Crippen MR) is 113 cm³/mol. The quantitative estimate of drug-likeness (QED) is 0.625. The Balaban J connectivity index is 1.39. The summed E-state index contributed by atoms with van der Waals surface area (Å²) in [5.41, 5.74) is 2.72. The summed E-state index contributed by atoms with van der Waals surface area (Å²) in [5.74, 6) is 0.257. The van der Waals surface area contributed by atoms with Gasteiger partial charge in [-0.15, -0.1) is 10.2 Å². The standard InChI is InChI=1S/C23H22N4O3/c1-30-23(29)19-9-5-8-18(16-19)22(28)27-14-12-26(13-15-27)21-11-10-20(24-25-21)17-6-3-2-4-7-17/h2-11,16H,12-15H2,1H3. The van der Waals surface area contributed by atoms with Gasteiger partial charge in [0.05, 0.1) is 18.4 Å². The van der Waals surface area contributed by atoms with Gasteiger partial charge in [-0.05, 0) is 30.3 Å². The van der Waals surface area contributed by atoms with Gasteiger partial charge in [-0.3, -0.25) is 4.79 Å². The van der Waals surface area contributed by atoms with Crippen LogP contribution in [0.15, 0.2) is 66.7 Å². The van der Waals surface area contributed by atoms with E-state index in [9.17, 15) is 9.59 Å². The number of ether oxygens (including phenoxy) is 1. The second kappa shape index (κ2) is 8.73. The molecule has 7 heteroatoms. The molecule has 1 amide bonds. The van der Waals surface area contributed by atoms with Gasteiger partial charge in [-0.2, -0.15) is 0 Å². The minimum atomic E-state index is -0.452. The van der Waals surface area contributed by atoms with Gasteiger partial charge in [0.2, 0.25) is 0 Å². The normalized spacial score (nSPS) is 13.8. The van der Waals surface area contributed by atoms with Crippen molar-refractivity contribution < 1.29 is 14.3 Å². The van der Waals surface area contributed by atoms with Crippen molar-refractivity contribution in [1.29, 1.82) is 0 Å². The molecule has 7 nitrogen and oxygen atoms in total. The molecule has 1 aliphatic heterocycles. The minimum absolute atomic E-state index is 0.0917. The van der Waals surface area contributed by atoms with Crippen LogP contribution in [0.2, 0.25) is 0 Å². The fourth-order valence-corrected chi connectivity index (χ4v) is 3.48. The molecule has 2 heterocycles. The SMILES string of the molecule is COC(=O)c1cccc(C(=O)N2CCN(c3ccc(-c4ccccc4)nn3)CC2)c1. The third-order valence-electron chi connectivity index (χ3n) is 5.14. The maximum absolute atomic E-state index is 12.8. The average Bonchev–Trinajstić information content (AvgIpc) is 2.84. The van der Waals surface area contributed by atoms with E-state index in [1.54, 1.807) is 29.2 Å². The number of hydrogen-bond donors (Lipinski definition) is 0. The van der Waals surface area contributed by atoms with E-state index in [0.29, 0.717) is 37.3 Å². The van der Waals surface area contributed by atoms with Crippen LogP contribution in [0, 0.1) is 0 Å². The highest BCUT2D eigenvalue weighted by atomic mass is 16.5. The summed E-state index contributed by atoms with van der Waals surface area (Å²) in [6.07, 6.45) is 0. The predicted octanol–water partition coefficient (Wildman–Crippen LogP) is 2.89. The van der Waals surface area contributed by atoms with Crippen LogP contribution >= 0.6 is 0 Å². The lowest BCUT2D eigenvalue weighted by Gasteiger charge is -2.35. The number of hydrogen-bond acceptors (Lipinski definition) is 6. The summed E-state index contributed by atoms with van der Waals surface area (Å²) in [6, 6.07) is 20.5. The summed E-state index contributed by atoms with van der Waals surface area (Å²) in [4.78, 5) is 28.5. The van der Waals surface area contributed by atoms with E-state index in [-0.39, 0.29) is 5.91 Å². The van der Waals surface area contributed by atoms with E-state index in [1.807, 2.05) is 42.5 Å². The minimum Gasteiger partial charge on any atom is -0.465 e. The van der Waals surface area contributed by atoms with Crippen molar-refractivity contribution in [3.05, 3.63) is 77.9 Å². The molecule has 3 aromatic rings. The number of aromatic nitrogens is 2. The Morgan fingerprint density at radius 1 is 0.833 bits per heavy atom. The van der Waals surface area contributed by atoms with Gasteiger partial charge in [-0.1, -0.05) is 36.4 Å². The van der Waals surface area contributed by atoms with Crippen molar-refractivity contribution in [2.75, 3.05) is 38.2 Å².